The molecule has 0 spiro atoms. The van der Waals surface area contributed by atoms with E-state index in [0.717, 1.165) is 0 Å². The molecule has 2 aliphatic heterocycles. The van der Waals surface area contributed by atoms with E-state index in [-0.39, 0.29) is 24.4 Å². The van der Waals surface area contributed by atoms with Crippen LogP contribution in [0.1, 0.15) is 12.8 Å². The first-order chi connectivity index (χ1) is 8.03. The molecular weight excluding hydrogens is 244 g/mol. The van der Waals surface area contributed by atoms with Gasteiger partial charge in [-0.15, -0.1) is 0 Å². The predicted octanol–water partition coefficient (Wildman–Crippen LogP) is -1.25. The van der Waals surface area contributed by atoms with Gasteiger partial charge in [0, 0.05) is 19.6 Å². The number of sulfone groups is 1. The third-order valence-corrected chi connectivity index (χ3v) is 5.63. The molecule has 2 rings (SSSR count). The largest absolute Gasteiger partial charge is 0.365 e. The summed E-state index contributed by atoms with van der Waals surface area (Å²) in [4.78, 5) is 13.2. The fourth-order valence-electron chi connectivity index (χ4n) is 2.31. The smallest absolute Gasteiger partial charge is 0.248 e. The molecule has 2 atom stereocenters. The van der Waals surface area contributed by atoms with E-state index in [1.807, 2.05) is 0 Å². The number of nitrogens with two attached hydrogens (primary N) is 1. The summed E-state index contributed by atoms with van der Waals surface area (Å²) in [5.74, 6) is 0.105. The molecule has 0 aromatic heterocycles. The Morgan fingerprint density at radius 1 is 1.47 bits per heavy atom. The number of hydrogen-bond acceptors (Lipinski definition) is 5. The average molecular weight is 262 g/mol. The van der Waals surface area contributed by atoms with Crippen LogP contribution in [0.25, 0.3) is 0 Å². The van der Waals surface area contributed by atoms with Crippen molar-refractivity contribution in [2.45, 2.75) is 24.2 Å². The Hall–Kier alpha value is -0.660. The van der Waals surface area contributed by atoms with Crippen LogP contribution in [-0.2, 0) is 19.4 Å². The minimum atomic E-state index is -3.00. The van der Waals surface area contributed by atoms with Crippen LogP contribution in [0.5, 0.6) is 0 Å². The quantitative estimate of drug-likeness (QED) is 0.686. The van der Waals surface area contributed by atoms with Gasteiger partial charge in [0.05, 0.1) is 17.1 Å². The van der Waals surface area contributed by atoms with Crippen LogP contribution >= 0.6 is 0 Å². The molecule has 7 heteroatoms. The van der Waals surface area contributed by atoms with Crippen molar-refractivity contribution < 1.29 is 17.9 Å². The Morgan fingerprint density at radius 3 is 2.82 bits per heavy atom. The number of carbonyl (C=O) groups excluding carboxylic acids is 1. The maximum atomic E-state index is 11.7. The van der Waals surface area contributed by atoms with Gasteiger partial charge in [-0.3, -0.25) is 4.79 Å². The molecule has 2 fully saturated rings. The first-order valence-corrected chi connectivity index (χ1v) is 7.55. The van der Waals surface area contributed by atoms with E-state index in [1.54, 1.807) is 4.90 Å². The van der Waals surface area contributed by atoms with Crippen molar-refractivity contribution in [1.82, 2.24) is 4.90 Å². The lowest BCUT2D eigenvalue weighted by atomic mass is 10.2. The molecule has 2 N–H and O–H groups in total. The highest BCUT2D eigenvalue weighted by Gasteiger charge is 2.35. The van der Waals surface area contributed by atoms with Crippen molar-refractivity contribution in [3.8, 4) is 0 Å². The first kappa shape index (κ1) is 12.8. The molecule has 2 heterocycles. The summed E-state index contributed by atoms with van der Waals surface area (Å²) in [5, 5.41) is -0.400. The fraction of sp³-hybridized carbons (Fsp3) is 0.900. The van der Waals surface area contributed by atoms with Gasteiger partial charge in [-0.1, -0.05) is 0 Å². The number of morpholine rings is 1. The summed E-state index contributed by atoms with van der Waals surface area (Å²) in [6.07, 6.45) is 1.18. The molecule has 6 nitrogen and oxygen atoms in total. The predicted molar refractivity (Wildman–Crippen MR) is 62.2 cm³/mol. The summed E-state index contributed by atoms with van der Waals surface area (Å²) in [7, 11) is -3.00. The highest BCUT2D eigenvalue weighted by atomic mass is 32.2. The molecule has 0 aromatic carbocycles. The Bertz CT molecular complexity index is 395. The second kappa shape index (κ2) is 4.91. The lowest BCUT2D eigenvalue weighted by Gasteiger charge is -2.33. The Labute approximate surface area is 101 Å². The number of nitrogens with zero attached hydrogens (tertiary/aromatic N) is 1. The van der Waals surface area contributed by atoms with Gasteiger partial charge in [0.25, 0.3) is 0 Å². The Balaban J connectivity index is 1.99. The van der Waals surface area contributed by atoms with Crippen LogP contribution in [0, 0.1) is 0 Å². The highest BCUT2D eigenvalue weighted by Crippen LogP contribution is 2.21. The number of carbonyl (C=O) groups is 1. The molecule has 2 unspecified atom stereocenters. The summed E-state index contributed by atoms with van der Waals surface area (Å²) >= 11 is 0. The number of rotatable bonds is 3. The molecule has 98 valence electrons. The van der Waals surface area contributed by atoms with Gasteiger partial charge < -0.3 is 15.4 Å². The maximum absolute atomic E-state index is 11.7. The van der Waals surface area contributed by atoms with Gasteiger partial charge in [0.1, 0.15) is 6.61 Å². The fourth-order valence-corrected chi connectivity index (χ4v) is 4.14. The van der Waals surface area contributed by atoms with Crippen LogP contribution in [0.4, 0.5) is 0 Å². The summed E-state index contributed by atoms with van der Waals surface area (Å²) in [6.45, 7) is 1.05. The van der Waals surface area contributed by atoms with E-state index in [9.17, 15) is 13.2 Å². The molecule has 17 heavy (non-hydrogen) atoms. The summed E-state index contributed by atoms with van der Waals surface area (Å²) in [6, 6.07) is 0. The van der Waals surface area contributed by atoms with Crippen molar-refractivity contribution in [2.75, 3.05) is 32.0 Å². The van der Waals surface area contributed by atoms with E-state index in [0.29, 0.717) is 32.5 Å². The normalized spacial score (nSPS) is 33.0. The van der Waals surface area contributed by atoms with Crippen LogP contribution in [-0.4, -0.2) is 62.6 Å². The number of amides is 1. The van der Waals surface area contributed by atoms with Gasteiger partial charge in [-0.25, -0.2) is 8.42 Å². The van der Waals surface area contributed by atoms with Crippen molar-refractivity contribution in [3.05, 3.63) is 0 Å². The zero-order valence-electron chi connectivity index (χ0n) is 9.67. The molecular formula is C10H18N2O4S. The summed E-state index contributed by atoms with van der Waals surface area (Å²) < 4.78 is 28.6. The van der Waals surface area contributed by atoms with Crippen LogP contribution in [0.15, 0.2) is 0 Å². The van der Waals surface area contributed by atoms with Crippen LogP contribution in [0.3, 0.4) is 0 Å². The molecule has 0 bridgehead atoms. The molecule has 0 saturated carbocycles. The highest BCUT2D eigenvalue weighted by molar-refractivity contribution is 7.92. The van der Waals surface area contributed by atoms with Gasteiger partial charge >= 0.3 is 0 Å². The van der Waals surface area contributed by atoms with Gasteiger partial charge in [0.15, 0.2) is 9.84 Å². The number of ether oxygens (including phenoxy) is 1. The van der Waals surface area contributed by atoms with Crippen molar-refractivity contribution in [2.24, 2.45) is 5.73 Å². The monoisotopic (exact) mass is 262 g/mol. The molecule has 0 aromatic rings. The SMILES string of the molecule is NCC1CN(CC2CCCS2(=O)=O)C(=O)CO1. The number of hydrogen-bond donors (Lipinski definition) is 1. The first-order valence-electron chi connectivity index (χ1n) is 5.84. The maximum Gasteiger partial charge on any atom is 0.248 e. The molecule has 2 saturated heterocycles. The van der Waals surface area contributed by atoms with Gasteiger partial charge in [-0.05, 0) is 12.8 Å². The van der Waals surface area contributed by atoms with E-state index in [4.69, 9.17) is 10.5 Å². The summed E-state index contributed by atoms with van der Waals surface area (Å²) in [5.41, 5.74) is 5.49. The van der Waals surface area contributed by atoms with E-state index < -0.39 is 15.1 Å². The van der Waals surface area contributed by atoms with Crippen LogP contribution in [0.2, 0.25) is 0 Å². The Morgan fingerprint density at radius 2 is 2.24 bits per heavy atom. The van der Waals surface area contributed by atoms with Gasteiger partial charge in [-0.2, -0.15) is 0 Å². The zero-order valence-corrected chi connectivity index (χ0v) is 10.5. The lowest BCUT2D eigenvalue weighted by molar-refractivity contribution is -0.148. The van der Waals surface area contributed by atoms with E-state index >= 15 is 0 Å². The second-order valence-electron chi connectivity index (χ2n) is 4.60. The van der Waals surface area contributed by atoms with Gasteiger partial charge in [0.2, 0.25) is 5.91 Å². The zero-order chi connectivity index (χ0) is 12.5. The Kier molecular flexibility index (Phi) is 3.70. The average Bonchev–Trinajstić information content (AvgIpc) is 2.61. The topological polar surface area (TPSA) is 89.7 Å². The third kappa shape index (κ3) is 2.78. The third-order valence-electron chi connectivity index (χ3n) is 3.37. The lowest BCUT2D eigenvalue weighted by Crippen LogP contribution is -2.51. The van der Waals surface area contributed by atoms with Crippen molar-refractivity contribution in [1.29, 1.82) is 0 Å². The molecule has 2 aliphatic rings. The molecule has 0 aliphatic carbocycles. The van der Waals surface area contributed by atoms with Crippen molar-refractivity contribution in [3.63, 3.8) is 0 Å². The standard InChI is InChI=1S/C10H18N2O4S/c11-4-8-5-12(10(13)7-16-8)6-9-2-1-3-17(9,14)15/h8-9H,1-7,11H2. The van der Waals surface area contributed by atoms with Crippen LogP contribution < -0.4 is 5.73 Å². The minimum Gasteiger partial charge on any atom is -0.365 e. The van der Waals surface area contributed by atoms with E-state index in [2.05, 4.69) is 0 Å². The molecule has 0 radical (unpaired) electrons. The molecule has 1 amide bonds. The second-order valence-corrected chi connectivity index (χ2v) is 7.00. The van der Waals surface area contributed by atoms with E-state index in [1.165, 1.54) is 0 Å². The minimum absolute atomic E-state index is 0.00857. The van der Waals surface area contributed by atoms with Crippen molar-refractivity contribution >= 4 is 15.7 Å².